The van der Waals surface area contributed by atoms with Crippen molar-refractivity contribution < 1.29 is 9.53 Å². The lowest BCUT2D eigenvalue weighted by molar-refractivity contribution is 0.206. The Hall–Kier alpha value is -1.91. The Morgan fingerprint density at radius 2 is 1.96 bits per heavy atom. The lowest BCUT2D eigenvalue weighted by atomic mass is 10.00. The number of nitrogens with zero attached hydrogens (tertiary/aromatic N) is 1. The minimum atomic E-state index is -0.148. The number of urea groups is 1. The van der Waals surface area contributed by atoms with Crippen molar-refractivity contribution in [2.45, 2.75) is 13.0 Å². The molecule has 0 aromatic heterocycles. The maximum atomic E-state index is 12.4. The number of anilines is 1. The number of nitrogens with one attached hydrogen (secondary N) is 1. The van der Waals surface area contributed by atoms with Gasteiger partial charge in [0.25, 0.3) is 0 Å². The smallest absolute Gasteiger partial charge is 0.322 e. The van der Waals surface area contributed by atoms with Gasteiger partial charge in [0.2, 0.25) is 0 Å². The maximum Gasteiger partial charge on any atom is 0.322 e. The van der Waals surface area contributed by atoms with Gasteiger partial charge in [0.15, 0.2) is 0 Å². The maximum absolute atomic E-state index is 12.4. The third-order valence-corrected chi connectivity index (χ3v) is 4.62. The molecule has 4 nitrogen and oxygen atoms in total. The molecule has 0 unspecified atom stereocenters. The summed E-state index contributed by atoms with van der Waals surface area (Å²) in [4.78, 5) is 14.2. The SMILES string of the molecule is COc1ccc2c(c1)CCN(C(=O)Nc1ccc(Cl)c(Cl)c1)C2. The molecule has 120 valence electrons. The van der Waals surface area contributed by atoms with Crippen molar-refractivity contribution in [3.05, 3.63) is 57.6 Å². The number of halogens is 2. The molecule has 23 heavy (non-hydrogen) atoms. The van der Waals surface area contributed by atoms with Gasteiger partial charge in [-0.15, -0.1) is 0 Å². The molecular weight excluding hydrogens is 335 g/mol. The second kappa shape index (κ2) is 6.69. The number of hydrogen-bond acceptors (Lipinski definition) is 2. The van der Waals surface area contributed by atoms with Crippen molar-refractivity contribution >= 4 is 34.9 Å². The van der Waals surface area contributed by atoms with Crippen LogP contribution in [0.25, 0.3) is 0 Å². The first-order chi connectivity index (χ1) is 11.1. The van der Waals surface area contributed by atoms with Crippen LogP contribution in [0.2, 0.25) is 10.0 Å². The van der Waals surface area contributed by atoms with E-state index >= 15 is 0 Å². The topological polar surface area (TPSA) is 41.6 Å². The third-order valence-electron chi connectivity index (χ3n) is 3.88. The second-order valence-electron chi connectivity index (χ2n) is 5.37. The molecule has 1 aliphatic rings. The van der Waals surface area contributed by atoms with Crippen molar-refractivity contribution in [2.24, 2.45) is 0 Å². The number of rotatable bonds is 2. The highest BCUT2D eigenvalue weighted by Gasteiger charge is 2.21. The number of fused-ring (bicyclic) bond motifs is 1. The normalized spacial score (nSPS) is 13.4. The van der Waals surface area contributed by atoms with Crippen LogP contribution in [0.15, 0.2) is 36.4 Å². The Labute approximate surface area is 144 Å². The molecule has 0 aliphatic carbocycles. The lowest BCUT2D eigenvalue weighted by Crippen LogP contribution is -2.38. The van der Waals surface area contributed by atoms with E-state index in [1.165, 1.54) is 5.56 Å². The van der Waals surface area contributed by atoms with Crippen LogP contribution in [0.1, 0.15) is 11.1 Å². The van der Waals surface area contributed by atoms with Crippen LogP contribution >= 0.6 is 23.2 Å². The predicted molar refractivity (Wildman–Crippen MR) is 92.6 cm³/mol. The summed E-state index contributed by atoms with van der Waals surface area (Å²) < 4.78 is 5.24. The fraction of sp³-hybridized carbons (Fsp3) is 0.235. The lowest BCUT2D eigenvalue weighted by Gasteiger charge is -2.29. The summed E-state index contributed by atoms with van der Waals surface area (Å²) in [6.07, 6.45) is 0.807. The molecule has 0 fully saturated rings. The Kier molecular flexibility index (Phi) is 4.64. The van der Waals surface area contributed by atoms with Crippen LogP contribution in [0, 0.1) is 0 Å². The summed E-state index contributed by atoms with van der Waals surface area (Å²) >= 11 is 11.9. The Morgan fingerprint density at radius 3 is 2.70 bits per heavy atom. The molecule has 2 amide bonds. The number of carbonyl (C=O) groups excluding carboxylic acids is 1. The number of carbonyl (C=O) groups is 1. The van der Waals surface area contributed by atoms with Crippen LogP contribution in [0.3, 0.4) is 0 Å². The quantitative estimate of drug-likeness (QED) is 0.860. The molecule has 2 aromatic carbocycles. The van der Waals surface area contributed by atoms with E-state index in [0.29, 0.717) is 28.8 Å². The van der Waals surface area contributed by atoms with E-state index < -0.39 is 0 Å². The summed E-state index contributed by atoms with van der Waals surface area (Å²) in [7, 11) is 1.65. The molecule has 0 saturated heterocycles. The Bertz CT molecular complexity index is 749. The van der Waals surface area contributed by atoms with Gasteiger partial charge in [-0.3, -0.25) is 0 Å². The highest BCUT2D eigenvalue weighted by Crippen LogP contribution is 2.26. The average Bonchev–Trinajstić information content (AvgIpc) is 2.57. The van der Waals surface area contributed by atoms with Gasteiger partial charge in [-0.1, -0.05) is 29.3 Å². The first kappa shape index (κ1) is 16.0. The molecular formula is C17H16Cl2N2O2. The van der Waals surface area contributed by atoms with Crippen molar-refractivity contribution in [3.8, 4) is 5.75 Å². The van der Waals surface area contributed by atoms with E-state index in [0.717, 1.165) is 17.7 Å². The summed E-state index contributed by atoms with van der Waals surface area (Å²) in [5, 5.41) is 3.73. The van der Waals surface area contributed by atoms with Gasteiger partial charge < -0.3 is 15.0 Å². The van der Waals surface area contributed by atoms with Crippen molar-refractivity contribution in [2.75, 3.05) is 19.0 Å². The van der Waals surface area contributed by atoms with E-state index in [1.54, 1.807) is 30.2 Å². The second-order valence-corrected chi connectivity index (χ2v) is 6.18. The van der Waals surface area contributed by atoms with Crippen molar-refractivity contribution in [3.63, 3.8) is 0 Å². The minimum Gasteiger partial charge on any atom is -0.497 e. The average molecular weight is 351 g/mol. The van der Waals surface area contributed by atoms with E-state index in [2.05, 4.69) is 5.32 Å². The zero-order chi connectivity index (χ0) is 16.4. The van der Waals surface area contributed by atoms with E-state index in [1.807, 2.05) is 18.2 Å². The summed E-state index contributed by atoms with van der Waals surface area (Å²) in [6.45, 7) is 1.24. The molecule has 3 rings (SSSR count). The van der Waals surface area contributed by atoms with Gasteiger partial charge in [0, 0.05) is 18.8 Å². The van der Waals surface area contributed by atoms with Gasteiger partial charge >= 0.3 is 6.03 Å². The fourth-order valence-corrected chi connectivity index (χ4v) is 2.90. The molecule has 0 atom stereocenters. The molecule has 1 aliphatic heterocycles. The minimum absolute atomic E-state index is 0.148. The summed E-state index contributed by atoms with van der Waals surface area (Å²) in [5.74, 6) is 0.845. The van der Waals surface area contributed by atoms with Gasteiger partial charge in [0.1, 0.15) is 5.75 Å². The highest BCUT2D eigenvalue weighted by molar-refractivity contribution is 6.42. The summed E-state index contributed by atoms with van der Waals surface area (Å²) in [6, 6.07) is 10.8. The van der Waals surface area contributed by atoms with Gasteiger partial charge in [-0.05, 0) is 47.9 Å². The number of amides is 2. The third kappa shape index (κ3) is 3.54. The molecule has 2 aromatic rings. The zero-order valence-corrected chi connectivity index (χ0v) is 14.1. The predicted octanol–water partition coefficient (Wildman–Crippen LogP) is 4.59. The zero-order valence-electron chi connectivity index (χ0n) is 12.6. The van der Waals surface area contributed by atoms with Crippen molar-refractivity contribution in [1.82, 2.24) is 4.90 Å². The van der Waals surface area contributed by atoms with Gasteiger partial charge in [-0.25, -0.2) is 4.79 Å². The highest BCUT2D eigenvalue weighted by atomic mass is 35.5. The molecule has 0 saturated carbocycles. The monoisotopic (exact) mass is 350 g/mol. The number of benzene rings is 2. The van der Waals surface area contributed by atoms with Gasteiger partial charge in [0.05, 0.1) is 17.2 Å². The van der Waals surface area contributed by atoms with Crippen LogP contribution in [-0.4, -0.2) is 24.6 Å². The van der Waals surface area contributed by atoms with Crippen molar-refractivity contribution in [1.29, 1.82) is 0 Å². The fourth-order valence-electron chi connectivity index (χ4n) is 2.61. The first-order valence-electron chi connectivity index (χ1n) is 7.23. The summed E-state index contributed by atoms with van der Waals surface area (Å²) in [5.41, 5.74) is 2.99. The molecule has 0 radical (unpaired) electrons. The van der Waals surface area contributed by atoms with Crippen LogP contribution < -0.4 is 10.1 Å². The molecule has 1 N–H and O–H groups in total. The number of methoxy groups -OCH3 is 1. The molecule has 1 heterocycles. The van der Waals surface area contributed by atoms with E-state index in [4.69, 9.17) is 27.9 Å². The number of hydrogen-bond donors (Lipinski definition) is 1. The van der Waals surface area contributed by atoms with Crippen LogP contribution in [0.5, 0.6) is 5.75 Å². The van der Waals surface area contributed by atoms with E-state index in [-0.39, 0.29) is 6.03 Å². The largest absolute Gasteiger partial charge is 0.497 e. The standard InChI is InChI=1S/C17H16Cl2N2O2/c1-23-14-4-2-12-10-21(7-6-11(12)8-14)17(22)20-13-3-5-15(18)16(19)9-13/h2-5,8-9H,6-7,10H2,1H3,(H,20,22). The Morgan fingerprint density at radius 1 is 1.13 bits per heavy atom. The Balaban J connectivity index is 1.70. The van der Waals surface area contributed by atoms with E-state index in [9.17, 15) is 4.79 Å². The van der Waals surface area contributed by atoms with Gasteiger partial charge in [-0.2, -0.15) is 0 Å². The molecule has 0 bridgehead atoms. The van der Waals surface area contributed by atoms with Crippen LogP contribution in [-0.2, 0) is 13.0 Å². The first-order valence-corrected chi connectivity index (χ1v) is 7.99. The molecule has 0 spiro atoms. The molecule has 6 heteroatoms. The van der Waals surface area contributed by atoms with Crippen LogP contribution in [0.4, 0.5) is 10.5 Å². The number of ether oxygens (including phenoxy) is 1.